The lowest BCUT2D eigenvalue weighted by Crippen LogP contribution is -2.18. The van der Waals surface area contributed by atoms with Crippen LogP contribution in [0.4, 0.5) is 21.5 Å². The van der Waals surface area contributed by atoms with Crippen molar-refractivity contribution in [2.75, 3.05) is 11.4 Å². The molecule has 5 heteroatoms. The van der Waals surface area contributed by atoms with Gasteiger partial charge in [0.25, 0.3) is 5.69 Å². The van der Waals surface area contributed by atoms with E-state index in [4.69, 9.17) is 0 Å². The van der Waals surface area contributed by atoms with E-state index in [0.29, 0.717) is 5.69 Å². The highest BCUT2D eigenvalue weighted by molar-refractivity contribution is 5.68. The summed E-state index contributed by atoms with van der Waals surface area (Å²) < 4.78 is 13.7. The lowest BCUT2D eigenvalue weighted by atomic mass is 10.1. The summed E-state index contributed by atoms with van der Waals surface area (Å²) in [5.74, 6) is -0.582. The minimum Gasteiger partial charge on any atom is -0.341 e. The van der Waals surface area contributed by atoms with E-state index in [1.165, 1.54) is 17.7 Å². The van der Waals surface area contributed by atoms with Gasteiger partial charge in [0.2, 0.25) is 0 Å². The van der Waals surface area contributed by atoms with Crippen molar-refractivity contribution in [1.29, 1.82) is 0 Å². The van der Waals surface area contributed by atoms with E-state index < -0.39 is 10.7 Å². The Labute approximate surface area is 122 Å². The standard InChI is InChI=1S/C16H15FN2O2/c17-13-9-14(11-15(10-13)19(20)21)18-8-4-3-6-12-5-1-2-7-16(12)18/h1-2,5,7,9-11H,3-4,6,8H2. The number of halogens is 1. The molecule has 0 atom stereocenters. The first-order valence-electron chi connectivity index (χ1n) is 6.95. The van der Waals surface area contributed by atoms with Gasteiger partial charge in [-0.25, -0.2) is 4.39 Å². The smallest absolute Gasteiger partial charge is 0.274 e. The molecule has 1 aliphatic heterocycles. The monoisotopic (exact) mass is 286 g/mol. The number of nitrogens with zero attached hydrogens (tertiary/aromatic N) is 2. The van der Waals surface area contributed by atoms with Gasteiger partial charge in [-0.05, 0) is 37.0 Å². The highest BCUT2D eigenvalue weighted by atomic mass is 19.1. The van der Waals surface area contributed by atoms with Crippen molar-refractivity contribution in [3.63, 3.8) is 0 Å². The normalized spacial score (nSPS) is 14.4. The second-order valence-corrected chi connectivity index (χ2v) is 5.16. The maximum absolute atomic E-state index is 13.7. The van der Waals surface area contributed by atoms with Crippen LogP contribution in [-0.4, -0.2) is 11.5 Å². The average molecular weight is 286 g/mol. The third-order valence-corrected chi connectivity index (χ3v) is 3.75. The summed E-state index contributed by atoms with van der Waals surface area (Å²) in [7, 11) is 0. The summed E-state index contributed by atoms with van der Waals surface area (Å²) >= 11 is 0. The molecule has 1 aliphatic rings. The molecule has 0 spiro atoms. The number of anilines is 2. The predicted molar refractivity (Wildman–Crippen MR) is 79.4 cm³/mol. The van der Waals surface area contributed by atoms with Gasteiger partial charge in [0, 0.05) is 18.3 Å². The van der Waals surface area contributed by atoms with Crippen LogP contribution in [0.1, 0.15) is 18.4 Å². The minimum atomic E-state index is -0.582. The molecule has 2 aromatic rings. The van der Waals surface area contributed by atoms with Crippen molar-refractivity contribution in [1.82, 2.24) is 0 Å². The van der Waals surface area contributed by atoms with Gasteiger partial charge in [-0.2, -0.15) is 0 Å². The van der Waals surface area contributed by atoms with Crippen molar-refractivity contribution < 1.29 is 9.31 Å². The van der Waals surface area contributed by atoms with Crippen LogP contribution >= 0.6 is 0 Å². The van der Waals surface area contributed by atoms with E-state index in [-0.39, 0.29) is 5.69 Å². The second-order valence-electron chi connectivity index (χ2n) is 5.16. The number of fused-ring (bicyclic) bond motifs is 1. The molecule has 0 bridgehead atoms. The van der Waals surface area contributed by atoms with Gasteiger partial charge in [0.1, 0.15) is 5.82 Å². The number of hydrogen-bond donors (Lipinski definition) is 0. The molecule has 0 aliphatic carbocycles. The third kappa shape index (κ3) is 2.72. The van der Waals surface area contributed by atoms with Crippen molar-refractivity contribution in [2.45, 2.75) is 19.3 Å². The highest BCUT2D eigenvalue weighted by Gasteiger charge is 2.19. The number of non-ortho nitro benzene ring substituents is 1. The summed E-state index contributed by atoms with van der Waals surface area (Å²) in [5, 5.41) is 10.9. The van der Waals surface area contributed by atoms with E-state index in [1.807, 2.05) is 23.1 Å². The van der Waals surface area contributed by atoms with Crippen LogP contribution in [0.25, 0.3) is 0 Å². The molecule has 0 aromatic heterocycles. The largest absolute Gasteiger partial charge is 0.341 e. The first-order valence-corrected chi connectivity index (χ1v) is 6.95. The summed E-state index contributed by atoms with van der Waals surface area (Å²) in [4.78, 5) is 12.3. The molecule has 0 saturated heterocycles. The molecule has 4 nitrogen and oxygen atoms in total. The molecule has 0 N–H and O–H groups in total. The fourth-order valence-corrected chi connectivity index (χ4v) is 2.78. The first kappa shape index (κ1) is 13.5. The quantitative estimate of drug-likeness (QED) is 0.613. The fourth-order valence-electron chi connectivity index (χ4n) is 2.78. The van der Waals surface area contributed by atoms with E-state index in [1.54, 1.807) is 0 Å². The SMILES string of the molecule is O=[N+]([O-])c1cc(F)cc(N2CCCCc3ccccc32)c1. The highest BCUT2D eigenvalue weighted by Crippen LogP contribution is 2.34. The molecule has 0 radical (unpaired) electrons. The summed E-state index contributed by atoms with van der Waals surface area (Å²) in [6.07, 6.45) is 3.01. The lowest BCUT2D eigenvalue weighted by molar-refractivity contribution is -0.385. The van der Waals surface area contributed by atoms with Gasteiger partial charge < -0.3 is 4.90 Å². The molecule has 108 valence electrons. The molecule has 2 aromatic carbocycles. The molecular weight excluding hydrogens is 271 g/mol. The molecule has 1 heterocycles. The zero-order valence-electron chi connectivity index (χ0n) is 11.5. The van der Waals surface area contributed by atoms with Crippen molar-refractivity contribution in [2.24, 2.45) is 0 Å². The van der Waals surface area contributed by atoms with Gasteiger partial charge in [-0.15, -0.1) is 0 Å². The number of aryl methyl sites for hydroxylation is 1. The minimum absolute atomic E-state index is 0.216. The van der Waals surface area contributed by atoms with Crippen LogP contribution in [0.3, 0.4) is 0 Å². The Balaban J connectivity index is 2.09. The summed E-state index contributed by atoms with van der Waals surface area (Å²) in [5.41, 5.74) is 2.53. The van der Waals surface area contributed by atoms with Crippen LogP contribution in [0.2, 0.25) is 0 Å². The number of nitro benzene ring substituents is 1. The van der Waals surface area contributed by atoms with Gasteiger partial charge in [0.15, 0.2) is 0 Å². The number of benzene rings is 2. The van der Waals surface area contributed by atoms with Gasteiger partial charge in [-0.3, -0.25) is 10.1 Å². The Morgan fingerprint density at radius 1 is 1.14 bits per heavy atom. The average Bonchev–Trinajstić information content (AvgIpc) is 2.69. The molecular formula is C16H15FN2O2. The molecule has 0 saturated carbocycles. The summed E-state index contributed by atoms with van der Waals surface area (Å²) in [6.45, 7) is 0.734. The van der Waals surface area contributed by atoms with E-state index in [9.17, 15) is 14.5 Å². The van der Waals surface area contributed by atoms with E-state index in [2.05, 4.69) is 6.07 Å². The van der Waals surface area contributed by atoms with Crippen molar-refractivity contribution >= 4 is 17.1 Å². The van der Waals surface area contributed by atoms with E-state index >= 15 is 0 Å². The van der Waals surface area contributed by atoms with Gasteiger partial charge in [0.05, 0.1) is 16.7 Å². The molecule has 0 unspecified atom stereocenters. The van der Waals surface area contributed by atoms with Gasteiger partial charge >= 0.3 is 0 Å². The number of hydrogen-bond acceptors (Lipinski definition) is 3. The molecule has 0 amide bonds. The van der Waals surface area contributed by atoms with Crippen LogP contribution in [0, 0.1) is 15.9 Å². The van der Waals surface area contributed by atoms with Crippen LogP contribution in [-0.2, 0) is 6.42 Å². The van der Waals surface area contributed by atoms with Gasteiger partial charge in [-0.1, -0.05) is 18.2 Å². The number of rotatable bonds is 2. The maximum Gasteiger partial charge on any atom is 0.274 e. The Hall–Kier alpha value is -2.43. The maximum atomic E-state index is 13.7. The molecule has 3 rings (SSSR count). The fraction of sp³-hybridized carbons (Fsp3) is 0.250. The topological polar surface area (TPSA) is 46.4 Å². The zero-order valence-corrected chi connectivity index (χ0v) is 11.5. The molecule has 0 fully saturated rings. The Morgan fingerprint density at radius 3 is 2.76 bits per heavy atom. The van der Waals surface area contributed by atoms with Crippen LogP contribution in [0.5, 0.6) is 0 Å². The lowest BCUT2D eigenvalue weighted by Gasteiger charge is -2.25. The third-order valence-electron chi connectivity index (χ3n) is 3.75. The predicted octanol–water partition coefficient (Wildman–Crippen LogP) is 4.21. The number of nitro groups is 1. The Bertz CT molecular complexity index is 688. The van der Waals surface area contributed by atoms with Crippen LogP contribution < -0.4 is 4.90 Å². The van der Waals surface area contributed by atoms with Crippen LogP contribution in [0.15, 0.2) is 42.5 Å². The molecule has 21 heavy (non-hydrogen) atoms. The van der Waals surface area contributed by atoms with Crippen molar-refractivity contribution in [3.05, 3.63) is 64.0 Å². The van der Waals surface area contributed by atoms with Crippen molar-refractivity contribution in [3.8, 4) is 0 Å². The van der Waals surface area contributed by atoms with E-state index in [0.717, 1.165) is 37.6 Å². The zero-order chi connectivity index (χ0) is 14.8. The number of para-hydroxylation sites is 1. The second kappa shape index (κ2) is 5.52. The first-order chi connectivity index (χ1) is 10.1. The summed E-state index contributed by atoms with van der Waals surface area (Å²) in [6, 6.07) is 11.7. The Kier molecular flexibility index (Phi) is 3.56. The Morgan fingerprint density at radius 2 is 1.95 bits per heavy atom.